The molecule has 2 aromatic heterocycles. The Kier molecular flexibility index (Phi) is 6.53. The molecule has 0 saturated carbocycles. The highest BCUT2D eigenvalue weighted by atomic mass is 32.1. The number of rotatable bonds is 8. The van der Waals surface area contributed by atoms with Gasteiger partial charge in [-0.3, -0.25) is 9.69 Å². The van der Waals surface area contributed by atoms with E-state index in [4.69, 9.17) is 0 Å². The summed E-state index contributed by atoms with van der Waals surface area (Å²) in [7, 11) is 0. The third-order valence-corrected chi connectivity index (χ3v) is 5.29. The fourth-order valence-corrected chi connectivity index (χ4v) is 3.63. The number of nitrogens with zero attached hydrogens (tertiary/aromatic N) is 4. The zero-order valence-electron chi connectivity index (χ0n) is 16.2. The summed E-state index contributed by atoms with van der Waals surface area (Å²) in [6.07, 6.45) is 0. The number of likely N-dealkylation sites (N-methyl/N-ethyl adjacent to an activating group) is 1. The van der Waals surface area contributed by atoms with Gasteiger partial charge >= 0.3 is 0 Å². The summed E-state index contributed by atoms with van der Waals surface area (Å²) in [5, 5.41) is 9.15. The highest BCUT2D eigenvalue weighted by Gasteiger charge is 2.19. The molecule has 0 fully saturated rings. The lowest BCUT2D eigenvalue weighted by atomic mass is 10.3. The van der Waals surface area contributed by atoms with Crippen LogP contribution in [0.25, 0.3) is 16.4 Å². The second kappa shape index (κ2) is 9.07. The maximum atomic E-state index is 13.7. The molecule has 1 N–H and O–H groups in total. The lowest BCUT2D eigenvalue weighted by Crippen LogP contribution is -2.38. The lowest BCUT2D eigenvalue weighted by Gasteiger charge is -2.24. The lowest BCUT2D eigenvalue weighted by molar-refractivity contribution is 0.0935. The number of hydrogen-bond donors (Lipinski definition) is 1. The standard InChI is InChI=1S/C20H24FN5OS/c1-4-25(14(2)3)11-10-22-20(27)18-23-19(17-9-6-12-28-17)26(24-18)16-8-5-7-15(21)13-16/h5-9,12-14H,4,10-11H2,1-3H3,(H,22,27). The van der Waals surface area contributed by atoms with E-state index in [1.807, 2.05) is 17.5 Å². The molecule has 0 aliphatic heterocycles. The van der Waals surface area contributed by atoms with Crippen LogP contribution in [0.4, 0.5) is 4.39 Å². The summed E-state index contributed by atoms with van der Waals surface area (Å²) >= 11 is 1.49. The predicted octanol–water partition coefficient (Wildman–Crippen LogP) is 3.60. The van der Waals surface area contributed by atoms with Crippen LogP contribution in [0.2, 0.25) is 0 Å². The number of carbonyl (C=O) groups excluding carboxylic acids is 1. The molecule has 0 aliphatic rings. The summed E-state index contributed by atoms with van der Waals surface area (Å²) in [6, 6.07) is 10.3. The number of thiophene rings is 1. The van der Waals surface area contributed by atoms with E-state index in [0.717, 1.165) is 18.0 Å². The Balaban J connectivity index is 1.82. The van der Waals surface area contributed by atoms with E-state index in [1.54, 1.807) is 12.1 Å². The Morgan fingerprint density at radius 2 is 2.14 bits per heavy atom. The maximum Gasteiger partial charge on any atom is 0.291 e. The van der Waals surface area contributed by atoms with E-state index in [9.17, 15) is 9.18 Å². The van der Waals surface area contributed by atoms with Crippen molar-refractivity contribution in [3.63, 3.8) is 0 Å². The summed E-state index contributed by atoms with van der Waals surface area (Å²) in [6.45, 7) is 8.53. The van der Waals surface area contributed by atoms with Crippen LogP contribution in [0, 0.1) is 5.82 Å². The van der Waals surface area contributed by atoms with Crippen LogP contribution < -0.4 is 5.32 Å². The Morgan fingerprint density at radius 1 is 1.32 bits per heavy atom. The fourth-order valence-electron chi connectivity index (χ4n) is 2.94. The van der Waals surface area contributed by atoms with E-state index in [1.165, 1.54) is 28.2 Å². The average molecular weight is 402 g/mol. The minimum atomic E-state index is -0.371. The molecule has 2 heterocycles. The van der Waals surface area contributed by atoms with Crippen molar-refractivity contribution in [2.45, 2.75) is 26.8 Å². The first-order valence-electron chi connectivity index (χ1n) is 9.28. The van der Waals surface area contributed by atoms with Crippen LogP contribution in [-0.4, -0.2) is 51.2 Å². The SMILES string of the molecule is CCN(CCNC(=O)c1nc(-c2cccs2)n(-c2cccc(F)c2)n1)C(C)C. The van der Waals surface area contributed by atoms with Gasteiger partial charge < -0.3 is 5.32 Å². The van der Waals surface area contributed by atoms with Gasteiger partial charge in [0.25, 0.3) is 5.91 Å². The Bertz CT molecular complexity index is 923. The Morgan fingerprint density at radius 3 is 2.79 bits per heavy atom. The van der Waals surface area contributed by atoms with Gasteiger partial charge in [-0.25, -0.2) is 14.1 Å². The van der Waals surface area contributed by atoms with Gasteiger partial charge in [0.2, 0.25) is 5.82 Å². The van der Waals surface area contributed by atoms with Crippen molar-refractivity contribution >= 4 is 17.2 Å². The van der Waals surface area contributed by atoms with Crippen molar-refractivity contribution in [3.05, 3.63) is 53.4 Å². The number of halogens is 1. The Hall–Kier alpha value is -2.58. The maximum absolute atomic E-state index is 13.7. The third kappa shape index (κ3) is 4.63. The molecule has 3 rings (SSSR count). The monoisotopic (exact) mass is 401 g/mol. The van der Waals surface area contributed by atoms with E-state index >= 15 is 0 Å². The van der Waals surface area contributed by atoms with E-state index in [-0.39, 0.29) is 17.5 Å². The number of amides is 1. The number of nitrogens with one attached hydrogen (secondary N) is 1. The second-order valence-electron chi connectivity index (χ2n) is 6.61. The third-order valence-electron chi connectivity index (χ3n) is 4.43. The van der Waals surface area contributed by atoms with Crippen molar-refractivity contribution in [3.8, 4) is 16.4 Å². The van der Waals surface area contributed by atoms with Gasteiger partial charge in [-0.15, -0.1) is 16.4 Å². The van der Waals surface area contributed by atoms with Crippen molar-refractivity contribution in [1.82, 2.24) is 25.0 Å². The molecule has 148 valence electrons. The molecular formula is C20H24FN5OS. The van der Waals surface area contributed by atoms with Gasteiger partial charge in [-0.1, -0.05) is 19.1 Å². The molecule has 0 spiro atoms. The van der Waals surface area contributed by atoms with Gasteiger partial charge in [0, 0.05) is 19.1 Å². The van der Waals surface area contributed by atoms with E-state index in [2.05, 4.69) is 41.1 Å². The molecule has 1 aromatic carbocycles. The minimum Gasteiger partial charge on any atom is -0.348 e. The van der Waals surface area contributed by atoms with Gasteiger partial charge in [0.05, 0.1) is 10.6 Å². The second-order valence-corrected chi connectivity index (χ2v) is 7.55. The molecule has 1 amide bonds. The van der Waals surface area contributed by atoms with Crippen LogP contribution in [-0.2, 0) is 0 Å². The first-order chi connectivity index (χ1) is 13.5. The fraction of sp³-hybridized carbons (Fsp3) is 0.350. The van der Waals surface area contributed by atoms with Gasteiger partial charge in [0.1, 0.15) is 5.82 Å². The van der Waals surface area contributed by atoms with Gasteiger partial charge in [0.15, 0.2) is 5.82 Å². The molecule has 0 bridgehead atoms. The molecular weight excluding hydrogens is 377 g/mol. The summed E-state index contributed by atoms with van der Waals surface area (Å²) < 4.78 is 15.2. The van der Waals surface area contributed by atoms with E-state index in [0.29, 0.717) is 24.1 Å². The molecule has 28 heavy (non-hydrogen) atoms. The summed E-state index contributed by atoms with van der Waals surface area (Å²) in [4.78, 5) is 20.1. The molecule has 8 heteroatoms. The number of hydrogen-bond acceptors (Lipinski definition) is 5. The zero-order chi connectivity index (χ0) is 20.1. The molecule has 0 unspecified atom stereocenters. The van der Waals surface area contributed by atoms with Crippen LogP contribution >= 0.6 is 11.3 Å². The number of carbonyl (C=O) groups is 1. The average Bonchev–Trinajstić information content (AvgIpc) is 3.34. The van der Waals surface area contributed by atoms with Gasteiger partial charge in [-0.2, -0.15) is 0 Å². The van der Waals surface area contributed by atoms with Crippen molar-refractivity contribution in [2.75, 3.05) is 19.6 Å². The highest BCUT2D eigenvalue weighted by molar-refractivity contribution is 7.13. The molecule has 0 aliphatic carbocycles. The number of aromatic nitrogens is 3. The van der Waals surface area contributed by atoms with Gasteiger partial charge in [-0.05, 0) is 50.0 Å². The van der Waals surface area contributed by atoms with Crippen LogP contribution in [0.15, 0.2) is 41.8 Å². The normalized spacial score (nSPS) is 11.4. The summed E-state index contributed by atoms with van der Waals surface area (Å²) in [5.74, 6) is -0.124. The topological polar surface area (TPSA) is 63.1 Å². The van der Waals surface area contributed by atoms with Crippen molar-refractivity contribution in [2.24, 2.45) is 0 Å². The summed E-state index contributed by atoms with van der Waals surface area (Å²) in [5.41, 5.74) is 0.520. The van der Waals surface area contributed by atoms with Crippen molar-refractivity contribution < 1.29 is 9.18 Å². The highest BCUT2D eigenvalue weighted by Crippen LogP contribution is 2.25. The van der Waals surface area contributed by atoms with Crippen LogP contribution in [0.3, 0.4) is 0 Å². The molecule has 6 nitrogen and oxygen atoms in total. The minimum absolute atomic E-state index is 0.0697. The zero-order valence-corrected chi connectivity index (χ0v) is 17.0. The largest absolute Gasteiger partial charge is 0.348 e. The molecule has 0 radical (unpaired) electrons. The Labute approximate surface area is 168 Å². The quantitative estimate of drug-likeness (QED) is 0.627. The molecule has 3 aromatic rings. The van der Waals surface area contributed by atoms with Crippen LogP contribution in [0.5, 0.6) is 0 Å². The number of benzene rings is 1. The predicted molar refractivity (Wildman–Crippen MR) is 109 cm³/mol. The molecule has 0 saturated heterocycles. The molecule has 0 atom stereocenters. The van der Waals surface area contributed by atoms with Crippen LogP contribution in [0.1, 0.15) is 31.4 Å². The smallest absolute Gasteiger partial charge is 0.291 e. The first-order valence-corrected chi connectivity index (χ1v) is 10.2. The van der Waals surface area contributed by atoms with E-state index < -0.39 is 0 Å². The first kappa shape index (κ1) is 20.2. The van der Waals surface area contributed by atoms with Crippen molar-refractivity contribution in [1.29, 1.82) is 0 Å².